The number of nitrogens with zero attached hydrogens (tertiary/aromatic N) is 1. The SMILES string of the molecule is COCC1(c2cccc(CC#N)c2)CC1. The monoisotopic (exact) mass is 201 g/mol. The van der Waals surface area contributed by atoms with Crippen LogP contribution < -0.4 is 0 Å². The van der Waals surface area contributed by atoms with Gasteiger partial charge in [-0.2, -0.15) is 5.26 Å². The highest BCUT2D eigenvalue weighted by atomic mass is 16.5. The largest absolute Gasteiger partial charge is 0.384 e. The maximum absolute atomic E-state index is 8.66. The number of hydrogen-bond donors (Lipinski definition) is 0. The van der Waals surface area contributed by atoms with Crippen molar-refractivity contribution in [2.45, 2.75) is 24.7 Å². The Bertz CT molecular complexity index is 388. The van der Waals surface area contributed by atoms with Crippen LogP contribution in [-0.4, -0.2) is 13.7 Å². The third kappa shape index (κ3) is 2.03. The fraction of sp³-hybridized carbons (Fsp3) is 0.462. The van der Waals surface area contributed by atoms with Crippen molar-refractivity contribution in [2.24, 2.45) is 0 Å². The summed E-state index contributed by atoms with van der Waals surface area (Å²) in [5.74, 6) is 0. The molecule has 0 radical (unpaired) electrons. The lowest BCUT2D eigenvalue weighted by atomic mass is 9.94. The molecule has 0 bridgehead atoms. The molecule has 1 aromatic carbocycles. The molecule has 15 heavy (non-hydrogen) atoms. The average molecular weight is 201 g/mol. The van der Waals surface area contributed by atoms with E-state index in [-0.39, 0.29) is 5.41 Å². The molecule has 2 heteroatoms. The van der Waals surface area contributed by atoms with Crippen LogP contribution in [0.15, 0.2) is 24.3 Å². The van der Waals surface area contributed by atoms with E-state index in [1.54, 1.807) is 7.11 Å². The predicted molar refractivity (Wildman–Crippen MR) is 58.5 cm³/mol. The first kappa shape index (κ1) is 10.2. The standard InChI is InChI=1S/C13H15NO/c1-15-10-13(6-7-13)12-4-2-3-11(9-12)5-8-14/h2-4,9H,5-7,10H2,1H3. The molecule has 0 amide bonds. The van der Waals surface area contributed by atoms with Gasteiger partial charge in [-0.05, 0) is 24.0 Å². The van der Waals surface area contributed by atoms with Crippen molar-refractivity contribution < 1.29 is 4.74 Å². The number of hydrogen-bond acceptors (Lipinski definition) is 2. The Hall–Kier alpha value is -1.33. The number of benzene rings is 1. The molecular weight excluding hydrogens is 186 g/mol. The van der Waals surface area contributed by atoms with Crippen molar-refractivity contribution in [2.75, 3.05) is 13.7 Å². The van der Waals surface area contributed by atoms with Crippen LogP contribution in [0.4, 0.5) is 0 Å². The first-order valence-electron chi connectivity index (χ1n) is 5.26. The van der Waals surface area contributed by atoms with E-state index in [0.717, 1.165) is 12.2 Å². The molecule has 0 heterocycles. The van der Waals surface area contributed by atoms with E-state index in [2.05, 4.69) is 18.2 Å². The van der Waals surface area contributed by atoms with Crippen molar-refractivity contribution in [3.63, 3.8) is 0 Å². The summed E-state index contributed by atoms with van der Waals surface area (Å²) < 4.78 is 5.26. The lowest BCUT2D eigenvalue weighted by molar-refractivity contribution is 0.171. The van der Waals surface area contributed by atoms with E-state index in [9.17, 15) is 0 Å². The highest BCUT2D eigenvalue weighted by Gasteiger charge is 2.44. The molecule has 2 rings (SSSR count). The van der Waals surface area contributed by atoms with E-state index < -0.39 is 0 Å². The lowest BCUT2D eigenvalue weighted by Crippen LogP contribution is -2.14. The van der Waals surface area contributed by atoms with Gasteiger partial charge in [0.2, 0.25) is 0 Å². The minimum absolute atomic E-state index is 0.250. The normalized spacial score (nSPS) is 17.1. The van der Waals surface area contributed by atoms with Crippen molar-refractivity contribution in [3.8, 4) is 6.07 Å². The smallest absolute Gasteiger partial charge is 0.0669 e. The molecule has 2 nitrogen and oxygen atoms in total. The molecule has 0 unspecified atom stereocenters. The minimum atomic E-state index is 0.250. The number of methoxy groups -OCH3 is 1. The van der Waals surface area contributed by atoms with Crippen molar-refractivity contribution in [3.05, 3.63) is 35.4 Å². The van der Waals surface area contributed by atoms with Crippen molar-refractivity contribution in [1.29, 1.82) is 5.26 Å². The highest BCUT2D eigenvalue weighted by molar-refractivity contribution is 5.35. The third-order valence-electron chi connectivity index (χ3n) is 3.10. The topological polar surface area (TPSA) is 33.0 Å². The van der Waals surface area contributed by atoms with Gasteiger partial charge in [0.25, 0.3) is 0 Å². The zero-order chi connectivity index (χ0) is 10.7. The summed E-state index contributed by atoms with van der Waals surface area (Å²) in [4.78, 5) is 0. The van der Waals surface area contributed by atoms with Gasteiger partial charge in [0.15, 0.2) is 0 Å². The third-order valence-corrected chi connectivity index (χ3v) is 3.10. The van der Waals surface area contributed by atoms with Crippen molar-refractivity contribution >= 4 is 0 Å². The Morgan fingerprint density at radius 1 is 1.47 bits per heavy atom. The summed E-state index contributed by atoms with van der Waals surface area (Å²) in [6.07, 6.45) is 2.91. The lowest BCUT2D eigenvalue weighted by Gasteiger charge is -2.14. The zero-order valence-corrected chi connectivity index (χ0v) is 8.99. The fourth-order valence-corrected chi connectivity index (χ4v) is 2.05. The quantitative estimate of drug-likeness (QED) is 0.749. The Morgan fingerprint density at radius 3 is 2.87 bits per heavy atom. The molecule has 1 aromatic rings. The van der Waals surface area contributed by atoms with Gasteiger partial charge in [-0.3, -0.25) is 0 Å². The molecule has 78 valence electrons. The van der Waals surface area contributed by atoms with Gasteiger partial charge in [-0.25, -0.2) is 0 Å². The maximum atomic E-state index is 8.66. The average Bonchev–Trinajstić information content (AvgIpc) is 3.01. The summed E-state index contributed by atoms with van der Waals surface area (Å²) in [6.45, 7) is 0.795. The predicted octanol–water partition coefficient (Wildman–Crippen LogP) is 2.43. The van der Waals surface area contributed by atoms with Gasteiger partial charge in [-0.15, -0.1) is 0 Å². The van der Waals surface area contributed by atoms with Crippen LogP contribution in [0.3, 0.4) is 0 Å². The van der Waals surface area contributed by atoms with Crippen LogP contribution in [0.25, 0.3) is 0 Å². The molecule has 0 spiro atoms. The van der Waals surface area contributed by atoms with E-state index in [4.69, 9.17) is 10.00 Å². The Kier molecular flexibility index (Phi) is 2.75. The van der Waals surface area contributed by atoms with E-state index in [0.29, 0.717) is 6.42 Å². The first-order chi connectivity index (χ1) is 7.30. The number of ether oxygens (including phenoxy) is 1. The summed E-state index contributed by atoms with van der Waals surface area (Å²) in [5.41, 5.74) is 2.69. The summed E-state index contributed by atoms with van der Waals surface area (Å²) in [5, 5.41) is 8.66. The van der Waals surface area contributed by atoms with Crippen LogP contribution in [0.1, 0.15) is 24.0 Å². The van der Waals surface area contributed by atoms with Gasteiger partial charge in [-0.1, -0.05) is 24.3 Å². The number of nitriles is 1. The first-order valence-corrected chi connectivity index (χ1v) is 5.26. The zero-order valence-electron chi connectivity index (χ0n) is 8.99. The molecular formula is C13H15NO. The van der Waals surface area contributed by atoms with Crippen LogP contribution in [-0.2, 0) is 16.6 Å². The molecule has 0 aliphatic heterocycles. The van der Waals surface area contributed by atoms with Gasteiger partial charge in [0, 0.05) is 12.5 Å². The molecule has 0 saturated heterocycles. The maximum Gasteiger partial charge on any atom is 0.0669 e. The second kappa shape index (κ2) is 4.04. The highest BCUT2D eigenvalue weighted by Crippen LogP contribution is 2.48. The Morgan fingerprint density at radius 2 is 2.27 bits per heavy atom. The van der Waals surface area contributed by atoms with Crippen LogP contribution >= 0.6 is 0 Å². The van der Waals surface area contributed by atoms with Crippen LogP contribution in [0, 0.1) is 11.3 Å². The number of rotatable bonds is 4. The second-order valence-corrected chi connectivity index (χ2v) is 4.25. The summed E-state index contributed by atoms with van der Waals surface area (Å²) in [6, 6.07) is 10.5. The fourth-order valence-electron chi connectivity index (χ4n) is 2.05. The van der Waals surface area contributed by atoms with Gasteiger partial charge in [0.05, 0.1) is 19.1 Å². The van der Waals surface area contributed by atoms with Gasteiger partial charge in [0.1, 0.15) is 0 Å². The molecule has 1 aliphatic rings. The van der Waals surface area contributed by atoms with Crippen LogP contribution in [0.2, 0.25) is 0 Å². The molecule has 0 aromatic heterocycles. The Balaban J connectivity index is 2.22. The van der Waals surface area contributed by atoms with Gasteiger partial charge >= 0.3 is 0 Å². The summed E-state index contributed by atoms with van der Waals surface area (Å²) in [7, 11) is 1.75. The molecule has 0 atom stereocenters. The van der Waals surface area contributed by atoms with Crippen LogP contribution in [0.5, 0.6) is 0 Å². The second-order valence-electron chi connectivity index (χ2n) is 4.25. The van der Waals surface area contributed by atoms with E-state index >= 15 is 0 Å². The van der Waals surface area contributed by atoms with Crippen molar-refractivity contribution in [1.82, 2.24) is 0 Å². The minimum Gasteiger partial charge on any atom is -0.384 e. The molecule has 1 saturated carbocycles. The van der Waals surface area contributed by atoms with E-state index in [1.165, 1.54) is 18.4 Å². The van der Waals surface area contributed by atoms with E-state index in [1.807, 2.05) is 12.1 Å². The van der Waals surface area contributed by atoms with Gasteiger partial charge < -0.3 is 4.74 Å². The molecule has 1 fully saturated rings. The molecule has 0 N–H and O–H groups in total. The summed E-state index contributed by atoms with van der Waals surface area (Å²) >= 11 is 0. The Labute approximate surface area is 90.5 Å². The molecule has 1 aliphatic carbocycles.